The number of hydrogen-bond donors (Lipinski definition) is 0. The van der Waals surface area contributed by atoms with E-state index in [1.54, 1.807) is 38.5 Å². The standard InChI is InChI=1S/C17H17N5O2/c1-13(17(24)20(2)14-7-4-3-5-8-14)22-16(23)10-9-15(19-22)21-12-6-11-18-21/h3-13H,1-2H3. The number of likely N-dealkylation sites (N-methyl/N-ethyl adjacent to an activating group) is 1. The maximum absolute atomic E-state index is 12.7. The average Bonchev–Trinajstić information content (AvgIpc) is 3.15. The van der Waals surface area contributed by atoms with E-state index in [4.69, 9.17) is 0 Å². The molecule has 1 unspecified atom stereocenters. The molecule has 0 fully saturated rings. The van der Waals surface area contributed by atoms with E-state index in [0.29, 0.717) is 5.82 Å². The quantitative estimate of drug-likeness (QED) is 0.732. The lowest BCUT2D eigenvalue weighted by Crippen LogP contribution is -2.38. The highest BCUT2D eigenvalue weighted by Crippen LogP contribution is 2.15. The van der Waals surface area contributed by atoms with Crippen molar-refractivity contribution in [3.05, 3.63) is 71.3 Å². The van der Waals surface area contributed by atoms with Gasteiger partial charge in [0, 0.05) is 31.2 Å². The van der Waals surface area contributed by atoms with Gasteiger partial charge < -0.3 is 4.90 Å². The van der Waals surface area contributed by atoms with Gasteiger partial charge in [0.1, 0.15) is 6.04 Å². The van der Waals surface area contributed by atoms with Gasteiger partial charge in [-0.05, 0) is 31.2 Å². The van der Waals surface area contributed by atoms with Gasteiger partial charge in [0.25, 0.3) is 11.5 Å². The third-order valence-electron chi connectivity index (χ3n) is 3.75. The van der Waals surface area contributed by atoms with Crippen molar-refractivity contribution in [2.45, 2.75) is 13.0 Å². The van der Waals surface area contributed by atoms with Crippen molar-refractivity contribution < 1.29 is 4.79 Å². The van der Waals surface area contributed by atoms with Crippen molar-refractivity contribution in [2.75, 3.05) is 11.9 Å². The summed E-state index contributed by atoms with van der Waals surface area (Å²) in [5.74, 6) is 0.245. The van der Waals surface area contributed by atoms with Crippen LogP contribution in [-0.2, 0) is 4.79 Å². The molecule has 1 atom stereocenters. The summed E-state index contributed by atoms with van der Waals surface area (Å²) in [5, 5.41) is 8.36. The summed E-state index contributed by atoms with van der Waals surface area (Å²) in [4.78, 5) is 26.4. The van der Waals surface area contributed by atoms with Crippen LogP contribution in [0.1, 0.15) is 13.0 Å². The summed E-state index contributed by atoms with van der Waals surface area (Å²) in [6.45, 7) is 1.66. The molecule has 0 saturated heterocycles. The second-order valence-electron chi connectivity index (χ2n) is 5.33. The van der Waals surface area contributed by atoms with Crippen LogP contribution in [0.5, 0.6) is 0 Å². The number of aromatic nitrogens is 4. The van der Waals surface area contributed by atoms with Gasteiger partial charge in [-0.15, -0.1) is 5.10 Å². The summed E-state index contributed by atoms with van der Waals surface area (Å²) in [5.41, 5.74) is 0.416. The highest BCUT2D eigenvalue weighted by molar-refractivity contribution is 5.95. The Hall–Kier alpha value is -3.22. The zero-order chi connectivity index (χ0) is 17.1. The van der Waals surface area contributed by atoms with Crippen LogP contribution in [0.4, 0.5) is 5.69 Å². The molecule has 3 aromatic rings. The first-order valence-corrected chi connectivity index (χ1v) is 7.50. The van der Waals surface area contributed by atoms with Gasteiger partial charge >= 0.3 is 0 Å². The van der Waals surface area contributed by atoms with E-state index in [1.165, 1.54) is 20.3 Å². The summed E-state index contributed by atoms with van der Waals surface area (Å²) < 4.78 is 2.72. The lowest BCUT2D eigenvalue weighted by Gasteiger charge is -2.22. The Balaban J connectivity index is 1.92. The molecule has 0 aliphatic heterocycles. The van der Waals surface area contributed by atoms with Crippen LogP contribution in [-0.4, -0.2) is 32.5 Å². The van der Waals surface area contributed by atoms with E-state index in [2.05, 4.69) is 10.2 Å². The molecule has 0 saturated carbocycles. The summed E-state index contributed by atoms with van der Waals surface area (Å²) in [6, 6.07) is 13.2. The van der Waals surface area contributed by atoms with Crippen LogP contribution in [0, 0.1) is 0 Å². The molecule has 0 N–H and O–H groups in total. The number of rotatable bonds is 4. The summed E-state index contributed by atoms with van der Waals surface area (Å²) in [7, 11) is 1.68. The minimum Gasteiger partial charge on any atom is -0.314 e. The second kappa shape index (κ2) is 6.49. The lowest BCUT2D eigenvalue weighted by molar-refractivity contribution is -0.121. The molecule has 1 aromatic carbocycles. The molecule has 0 bridgehead atoms. The Labute approximate surface area is 138 Å². The van der Waals surface area contributed by atoms with E-state index in [1.807, 2.05) is 30.3 Å². The third-order valence-corrected chi connectivity index (χ3v) is 3.75. The number of benzene rings is 1. The Morgan fingerprint density at radius 2 is 1.88 bits per heavy atom. The minimum atomic E-state index is -0.738. The molecular weight excluding hydrogens is 306 g/mol. The predicted octanol–water partition coefficient (Wildman–Crippen LogP) is 1.65. The second-order valence-corrected chi connectivity index (χ2v) is 5.33. The molecule has 1 amide bonds. The van der Waals surface area contributed by atoms with Gasteiger partial charge in [-0.3, -0.25) is 9.59 Å². The molecule has 0 aliphatic carbocycles. The number of hydrogen-bond acceptors (Lipinski definition) is 4. The Morgan fingerprint density at radius 1 is 1.12 bits per heavy atom. The van der Waals surface area contributed by atoms with Crippen LogP contribution in [0.2, 0.25) is 0 Å². The zero-order valence-electron chi connectivity index (χ0n) is 13.4. The number of carbonyl (C=O) groups excluding carboxylic acids is 1. The lowest BCUT2D eigenvalue weighted by atomic mass is 10.2. The fraction of sp³-hybridized carbons (Fsp3) is 0.176. The van der Waals surface area contributed by atoms with Gasteiger partial charge in [-0.2, -0.15) is 5.10 Å². The monoisotopic (exact) mass is 323 g/mol. The molecule has 0 radical (unpaired) electrons. The van der Waals surface area contributed by atoms with Crippen molar-refractivity contribution in [2.24, 2.45) is 0 Å². The molecular formula is C17H17N5O2. The zero-order valence-corrected chi connectivity index (χ0v) is 13.4. The maximum Gasteiger partial charge on any atom is 0.267 e. The van der Waals surface area contributed by atoms with Gasteiger partial charge in [0.05, 0.1) is 0 Å². The first-order chi connectivity index (χ1) is 11.6. The molecule has 7 nitrogen and oxygen atoms in total. The SMILES string of the molecule is CC(C(=O)N(C)c1ccccc1)n1nc(-n2cccn2)ccc1=O. The predicted molar refractivity (Wildman–Crippen MR) is 90.2 cm³/mol. The van der Waals surface area contributed by atoms with Crippen LogP contribution < -0.4 is 10.5 Å². The fourth-order valence-corrected chi connectivity index (χ4v) is 2.38. The summed E-state index contributed by atoms with van der Waals surface area (Å²) in [6.07, 6.45) is 3.34. The fourth-order valence-electron chi connectivity index (χ4n) is 2.38. The number of carbonyl (C=O) groups is 1. The molecule has 3 rings (SSSR count). The smallest absolute Gasteiger partial charge is 0.267 e. The van der Waals surface area contributed by atoms with Gasteiger partial charge in [-0.25, -0.2) is 9.36 Å². The number of anilines is 1. The number of amides is 1. The van der Waals surface area contributed by atoms with Crippen molar-refractivity contribution in [3.8, 4) is 5.82 Å². The highest BCUT2D eigenvalue weighted by atomic mass is 16.2. The van der Waals surface area contributed by atoms with E-state index >= 15 is 0 Å². The summed E-state index contributed by atoms with van der Waals surface area (Å²) >= 11 is 0. The molecule has 2 heterocycles. The van der Waals surface area contributed by atoms with Gasteiger partial charge in [-0.1, -0.05) is 18.2 Å². The van der Waals surface area contributed by atoms with E-state index in [9.17, 15) is 9.59 Å². The van der Waals surface area contributed by atoms with E-state index in [-0.39, 0.29) is 11.5 Å². The molecule has 2 aromatic heterocycles. The van der Waals surface area contributed by atoms with E-state index < -0.39 is 6.04 Å². The molecule has 0 spiro atoms. The van der Waals surface area contributed by atoms with Crippen molar-refractivity contribution in [1.29, 1.82) is 0 Å². The molecule has 24 heavy (non-hydrogen) atoms. The Morgan fingerprint density at radius 3 is 2.54 bits per heavy atom. The van der Waals surface area contributed by atoms with Crippen LogP contribution in [0.3, 0.4) is 0 Å². The molecule has 7 heteroatoms. The average molecular weight is 323 g/mol. The van der Waals surface area contributed by atoms with Crippen LogP contribution in [0.25, 0.3) is 5.82 Å². The minimum absolute atomic E-state index is 0.228. The van der Waals surface area contributed by atoms with Crippen LogP contribution in [0.15, 0.2) is 65.7 Å². The largest absolute Gasteiger partial charge is 0.314 e. The topological polar surface area (TPSA) is 73.0 Å². The number of nitrogens with zero attached hydrogens (tertiary/aromatic N) is 5. The molecule has 122 valence electrons. The third kappa shape index (κ3) is 2.96. The molecule has 0 aliphatic rings. The highest BCUT2D eigenvalue weighted by Gasteiger charge is 2.22. The van der Waals surface area contributed by atoms with Gasteiger partial charge in [0.2, 0.25) is 0 Å². The first-order valence-electron chi connectivity index (χ1n) is 7.50. The van der Waals surface area contributed by atoms with Crippen molar-refractivity contribution in [3.63, 3.8) is 0 Å². The Bertz CT molecular complexity index is 887. The van der Waals surface area contributed by atoms with E-state index in [0.717, 1.165) is 5.69 Å². The normalized spacial score (nSPS) is 11.9. The number of para-hydroxylation sites is 1. The Kier molecular flexibility index (Phi) is 4.24. The van der Waals surface area contributed by atoms with Crippen LogP contribution >= 0.6 is 0 Å². The maximum atomic E-state index is 12.7. The van der Waals surface area contributed by atoms with Crippen molar-refractivity contribution >= 4 is 11.6 Å². The van der Waals surface area contributed by atoms with Gasteiger partial charge in [0.15, 0.2) is 5.82 Å². The van der Waals surface area contributed by atoms with Crippen molar-refractivity contribution in [1.82, 2.24) is 19.6 Å². The first kappa shape index (κ1) is 15.7.